The van der Waals surface area contributed by atoms with Gasteiger partial charge in [-0.05, 0) is 59.4 Å². The molecule has 9 rings (SSSR count). The standard InChI is InChI=1S/C24H22N4O4.C23H21N3O7.2CH4/c1-25-22(30)27-18-7-8-20-16(11-18)9-10-24(20)21(29)28(23(31)32-24)14-19-12-17(13-26-19)15-5-3-2-4-6-15;1-24-21(30)25-16-7-8-17-15(11-16)9-10-23(17)20(29)26(22(31)33-23)12-19(28)32-13-18(27)14-5-3-2-4-6-14;;/h2-8,11,13H,9-10,12,14H2,1H3,(H2,25,27,30);2-8,11H,9-10,12-13H2,1H3,(H2,24,25,30);2*1H4/t24-;23-;;/m11../s1. The van der Waals surface area contributed by atoms with Crippen LogP contribution in [0.15, 0.2) is 108 Å². The number of anilines is 2. The number of aliphatic imine (C=N–C) groups is 1. The van der Waals surface area contributed by atoms with Gasteiger partial charge in [0.2, 0.25) is 11.2 Å². The van der Waals surface area contributed by atoms with Crippen LogP contribution in [0.4, 0.5) is 30.6 Å². The molecule has 2 spiro atoms. The zero-order chi connectivity index (χ0) is 45.9. The van der Waals surface area contributed by atoms with Crippen LogP contribution in [0.1, 0.15) is 72.3 Å². The Morgan fingerprint density at radius 1 is 0.687 bits per heavy atom. The number of ketones is 1. The lowest BCUT2D eigenvalue weighted by atomic mass is 9.94. The number of ether oxygens (including phenoxy) is 3. The summed E-state index contributed by atoms with van der Waals surface area (Å²) in [7, 11) is 3.03. The lowest BCUT2D eigenvalue weighted by Gasteiger charge is -2.20. The smallest absolute Gasteiger partial charge is 0.418 e. The van der Waals surface area contributed by atoms with Crippen molar-refractivity contribution in [2.45, 2.75) is 58.2 Å². The normalized spacial score (nSPS) is 19.4. The quantitative estimate of drug-likeness (QED) is 0.0743. The highest BCUT2D eigenvalue weighted by molar-refractivity contribution is 6.09. The summed E-state index contributed by atoms with van der Waals surface area (Å²) in [5.41, 5.74) is 4.42. The molecule has 0 bridgehead atoms. The molecule has 4 aromatic rings. The van der Waals surface area contributed by atoms with Gasteiger partial charge in [-0.3, -0.25) is 24.2 Å². The van der Waals surface area contributed by atoms with Crippen LogP contribution in [0.25, 0.3) is 5.57 Å². The van der Waals surface area contributed by atoms with Crippen molar-refractivity contribution >= 4 is 70.5 Å². The second-order valence-electron chi connectivity index (χ2n) is 15.7. The molecule has 5 aliphatic rings. The Morgan fingerprint density at radius 2 is 1.19 bits per heavy atom. The predicted molar refractivity (Wildman–Crippen MR) is 247 cm³/mol. The fourth-order valence-electron chi connectivity index (χ4n) is 8.47. The minimum absolute atomic E-state index is 0. The van der Waals surface area contributed by atoms with Crippen molar-refractivity contribution in [3.63, 3.8) is 0 Å². The molecular weight excluding hydrogens is 863 g/mol. The summed E-state index contributed by atoms with van der Waals surface area (Å²) in [5, 5.41) is 10.3. The number of hydrogen-bond acceptors (Lipinski definition) is 12. The van der Waals surface area contributed by atoms with Crippen molar-refractivity contribution in [3.05, 3.63) is 137 Å². The summed E-state index contributed by atoms with van der Waals surface area (Å²) in [6.07, 6.45) is 2.39. The third kappa shape index (κ3) is 9.50. The number of hydrogen-bond donors (Lipinski definition) is 4. The van der Waals surface area contributed by atoms with E-state index in [0.29, 0.717) is 58.6 Å². The van der Waals surface area contributed by atoms with Crippen LogP contribution >= 0.6 is 0 Å². The lowest BCUT2D eigenvalue weighted by Crippen LogP contribution is -2.40. The largest absolute Gasteiger partial charge is 0.456 e. The zero-order valence-electron chi connectivity index (χ0n) is 35.3. The van der Waals surface area contributed by atoms with E-state index in [9.17, 15) is 38.4 Å². The molecule has 2 fully saturated rings. The fraction of sp³-hybridized carbons (Fsp3) is 0.286. The third-order valence-electron chi connectivity index (χ3n) is 11.7. The SMILES string of the molecule is C.C.CNC(=O)Nc1ccc2c(c1)CC[C@@]21OC(=O)N(CC(=O)OCC(=O)c2ccccc2)C1=O.CNC(=O)Nc1ccc2c(c1)CC[C@@]21OC(=O)N(CC2=NC=C(c3ccccc3)C2)C1=O. The van der Waals surface area contributed by atoms with Gasteiger partial charge in [0.05, 0.1) is 6.54 Å². The number of imide groups is 2. The predicted octanol–water partition coefficient (Wildman–Crippen LogP) is 6.70. The topological polar surface area (TPSA) is 231 Å². The molecule has 0 aromatic heterocycles. The lowest BCUT2D eigenvalue weighted by molar-refractivity contribution is -0.147. The van der Waals surface area contributed by atoms with Crippen LogP contribution in [0.5, 0.6) is 0 Å². The summed E-state index contributed by atoms with van der Waals surface area (Å²) < 4.78 is 16.1. The average Bonchev–Trinajstić information content (AvgIpc) is 4.13. The number of rotatable bonds is 10. The van der Waals surface area contributed by atoms with E-state index in [1.54, 1.807) is 66.9 Å². The van der Waals surface area contributed by atoms with Crippen molar-refractivity contribution < 1.29 is 52.6 Å². The van der Waals surface area contributed by atoms with Gasteiger partial charge in [-0.25, -0.2) is 29.0 Å². The van der Waals surface area contributed by atoms with Crippen molar-refractivity contribution in [1.82, 2.24) is 20.4 Å². The molecular formula is C49H51N7O11. The maximum atomic E-state index is 13.4. The van der Waals surface area contributed by atoms with E-state index in [2.05, 4.69) is 26.3 Å². The molecule has 2 saturated heterocycles. The van der Waals surface area contributed by atoms with Crippen LogP contribution in [0.3, 0.4) is 0 Å². The zero-order valence-corrected chi connectivity index (χ0v) is 35.3. The molecule has 3 aliphatic heterocycles. The van der Waals surface area contributed by atoms with Crippen molar-refractivity contribution in [1.29, 1.82) is 0 Å². The molecule has 348 valence electrons. The highest BCUT2D eigenvalue weighted by atomic mass is 16.6. The highest BCUT2D eigenvalue weighted by Gasteiger charge is 2.59. The number of allylic oxidation sites excluding steroid dienone is 1. The molecule has 2 aliphatic carbocycles. The van der Waals surface area contributed by atoms with E-state index < -0.39 is 54.2 Å². The Hall–Kier alpha value is -8.15. The molecule has 2 atom stereocenters. The van der Waals surface area contributed by atoms with Crippen LogP contribution in [-0.2, 0) is 52.6 Å². The van der Waals surface area contributed by atoms with Crippen LogP contribution < -0.4 is 21.3 Å². The first kappa shape index (κ1) is 48.3. The second kappa shape index (κ2) is 19.9. The maximum Gasteiger partial charge on any atom is 0.418 e. The average molecular weight is 914 g/mol. The van der Waals surface area contributed by atoms with Gasteiger partial charge in [-0.1, -0.05) is 87.6 Å². The Bertz CT molecular complexity index is 2710. The molecule has 67 heavy (non-hydrogen) atoms. The molecule has 0 radical (unpaired) electrons. The Morgan fingerprint density at radius 3 is 1.73 bits per heavy atom. The van der Waals surface area contributed by atoms with Crippen LogP contribution in [-0.4, -0.2) is 97.1 Å². The Balaban J connectivity index is 0.000000215. The van der Waals surface area contributed by atoms with Crippen molar-refractivity contribution in [2.24, 2.45) is 4.99 Å². The molecule has 4 N–H and O–H groups in total. The number of carbonyl (C=O) groups is 8. The molecule has 18 nitrogen and oxygen atoms in total. The summed E-state index contributed by atoms with van der Waals surface area (Å²) in [4.78, 5) is 105. The molecule has 18 heteroatoms. The molecule has 4 aromatic carbocycles. The van der Waals surface area contributed by atoms with E-state index in [1.165, 1.54) is 14.1 Å². The van der Waals surface area contributed by atoms with Gasteiger partial charge in [-0.2, -0.15) is 0 Å². The first-order valence-corrected chi connectivity index (χ1v) is 20.7. The minimum atomic E-state index is -1.52. The second-order valence-corrected chi connectivity index (χ2v) is 15.7. The summed E-state index contributed by atoms with van der Waals surface area (Å²) in [6, 6.07) is 27.7. The first-order valence-electron chi connectivity index (χ1n) is 20.7. The van der Waals surface area contributed by atoms with Crippen LogP contribution in [0, 0.1) is 0 Å². The van der Waals surface area contributed by atoms with Gasteiger partial charge in [0.15, 0.2) is 12.4 Å². The molecule has 0 saturated carbocycles. The van der Waals surface area contributed by atoms with E-state index in [1.807, 2.05) is 36.4 Å². The Kier molecular flexibility index (Phi) is 14.4. The monoisotopic (exact) mass is 913 g/mol. The van der Waals surface area contributed by atoms with E-state index >= 15 is 0 Å². The Labute approximate surface area is 386 Å². The summed E-state index contributed by atoms with van der Waals surface area (Å²) in [6.45, 7) is -1.06. The molecule has 0 unspecified atom stereocenters. The fourth-order valence-corrected chi connectivity index (χ4v) is 8.47. The third-order valence-corrected chi connectivity index (χ3v) is 11.7. The first-order chi connectivity index (χ1) is 31.3. The number of Topliss-reactive ketones (excluding diaryl/α,β-unsaturated/α-hetero) is 1. The molecule has 8 amide bonds. The minimum Gasteiger partial charge on any atom is -0.456 e. The number of fused-ring (bicyclic) bond motifs is 4. The number of urea groups is 2. The van der Waals surface area contributed by atoms with E-state index in [-0.39, 0.29) is 45.8 Å². The number of nitrogens with zero attached hydrogens (tertiary/aromatic N) is 3. The number of carbonyl (C=O) groups excluding carboxylic acids is 8. The van der Waals surface area contributed by atoms with Crippen molar-refractivity contribution in [3.8, 4) is 0 Å². The summed E-state index contributed by atoms with van der Waals surface area (Å²) in [5.74, 6) is -2.32. The number of amides is 8. The van der Waals surface area contributed by atoms with Gasteiger partial charge in [0.25, 0.3) is 11.8 Å². The number of benzene rings is 4. The van der Waals surface area contributed by atoms with Gasteiger partial charge in [-0.15, -0.1) is 0 Å². The van der Waals surface area contributed by atoms with Crippen LogP contribution in [0.2, 0.25) is 0 Å². The number of nitrogens with one attached hydrogen (secondary N) is 4. The highest BCUT2D eigenvalue weighted by Crippen LogP contribution is 2.47. The van der Waals surface area contributed by atoms with E-state index in [0.717, 1.165) is 32.9 Å². The van der Waals surface area contributed by atoms with Gasteiger partial charge in [0, 0.05) is 73.3 Å². The number of aryl methyl sites for hydroxylation is 2. The molecule has 3 heterocycles. The van der Waals surface area contributed by atoms with Crippen molar-refractivity contribution in [2.75, 3.05) is 44.4 Å². The van der Waals surface area contributed by atoms with E-state index in [4.69, 9.17) is 14.2 Å². The number of esters is 1. The van der Waals surface area contributed by atoms with Gasteiger partial charge >= 0.3 is 30.2 Å². The summed E-state index contributed by atoms with van der Waals surface area (Å²) >= 11 is 0. The van der Waals surface area contributed by atoms with Gasteiger partial charge in [0.1, 0.15) is 6.54 Å². The maximum absolute atomic E-state index is 13.4. The van der Waals surface area contributed by atoms with Gasteiger partial charge < -0.3 is 35.5 Å².